The number of benzene rings is 1. The highest BCUT2D eigenvalue weighted by atomic mass is 16.3. The van der Waals surface area contributed by atoms with Gasteiger partial charge in [0, 0.05) is 13.1 Å². The molecule has 0 fully saturated rings. The molecule has 0 aliphatic rings. The molecule has 0 aliphatic heterocycles. The fraction of sp³-hybridized carbons (Fsp3) is 0.455. The van der Waals surface area contributed by atoms with E-state index in [9.17, 15) is 5.11 Å². The lowest BCUT2D eigenvalue weighted by Gasteiger charge is -2.20. The van der Waals surface area contributed by atoms with Gasteiger partial charge < -0.3 is 15.5 Å². The summed E-state index contributed by atoms with van der Waals surface area (Å²) in [5, 5.41) is 21.4. The van der Waals surface area contributed by atoms with Crippen molar-refractivity contribution in [2.75, 3.05) is 13.2 Å². The maximum absolute atomic E-state index is 9.49. The number of hydrogen-bond acceptors (Lipinski definition) is 3. The lowest BCUT2D eigenvalue weighted by Crippen LogP contribution is -2.40. The van der Waals surface area contributed by atoms with Gasteiger partial charge in [-0.15, -0.1) is 0 Å². The standard InChI is InChI=1S/C11H17NO2/c1-11(14,9-13)8-12-7-10-5-3-2-4-6-10/h2-6,12-14H,7-9H2,1H3. The first kappa shape index (κ1) is 11.2. The van der Waals surface area contributed by atoms with Crippen molar-refractivity contribution in [1.29, 1.82) is 0 Å². The Bertz CT molecular complexity index is 259. The lowest BCUT2D eigenvalue weighted by atomic mass is 10.1. The SMILES string of the molecule is CC(O)(CO)CNCc1ccccc1. The van der Waals surface area contributed by atoms with Gasteiger partial charge in [0.25, 0.3) is 0 Å². The van der Waals surface area contributed by atoms with E-state index in [4.69, 9.17) is 5.11 Å². The summed E-state index contributed by atoms with van der Waals surface area (Å²) in [6.45, 7) is 2.47. The Kier molecular flexibility index (Phi) is 4.07. The van der Waals surface area contributed by atoms with Crippen molar-refractivity contribution in [2.24, 2.45) is 0 Å². The van der Waals surface area contributed by atoms with Crippen LogP contribution in [0.1, 0.15) is 12.5 Å². The number of rotatable bonds is 5. The molecule has 0 aromatic heterocycles. The molecule has 0 bridgehead atoms. The smallest absolute Gasteiger partial charge is 0.0972 e. The average Bonchev–Trinajstić information content (AvgIpc) is 2.19. The minimum Gasteiger partial charge on any atom is -0.393 e. The Labute approximate surface area is 84.4 Å². The highest BCUT2D eigenvalue weighted by molar-refractivity contribution is 5.14. The van der Waals surface area contributed by atoms with E-state index < -0.39 is 5.60 Å². The number of nitrogens with one attached hydrogen (secondary N) is 1. The molecular formula is C11H17NO2. The zero-order valence-electron chi connectivity index (χ0n) is 8.40. The van der Waals surface area contributed by atoms with Crippen molar-refractivity contribution in [3.63, 3.8) is 0 Å². The van der Waals surface area contributed by atoms with Crippen molar-refractivity contribution in [2.45, 2.75) is 19.1 Å². The largest absolute Gasteiger partial charge is 0.393 e. The predicted molar refractivity (Wildman–Crippen MR) is 55.9 cm³/mol. The van der Waals surface area contributed by atoms with Gasteiger partial charge in [-0.3, -0.25) is 0 Å². The van der Waals surface area contributed by atoms with Gasteiger partial charge in [0.15, 0.2) is 0 Å². The lowest BCUT2D eigenvalue weighted by molar-refractivity contribution is 0.00254. The maximum atomic E-state index is 9.49. The highest BCUT2D eigenvalue weighted by Crippen LogP contribution is 2.01. The van der Waals surface area contributed by atoms with Gasteiger partial charge in [-0.2, -0.15) is 0 Å². The molecule has 0 saturated carbocycles. The molecule has 3 N–H and O–H groups in total. The Hall–Kier alpha value is -0.900. The zero-order chi connectivity index (χ0) is 10.4. The van der Waals surface area contributed by atoms with Gasteiger partial charge in [-0.1, -0.05) is 30.3 Å². The molecule has 1 rings (SSSR count). The molecule has 0 spiro atoms. The first-order valence-corrected chi connectivity index (χ1v) is 4.72. The third-order valence-electron chi connectivity index (χ3n) is 2.02. The van der Waals surface area contributed by atoms with Crippen LogP contribution in [0.5, 0.6) is 0 Å². The van der Waals surface area contributed by atoms with Crippen LogP contribution >= 0.6 is 0 Å². The van der Waals surface area contributed by atoms with Crippen LogP contribution in [0.25, 0.3) is 0 Å². The van der Waals surface area contributed by atoms with Gasteiger partial charge >= 0.3 is 0 Å². The third kappa shape index (κ3) is 3.87. The topological polar surface area (TPSA) is 52.5 Å². The molecule has 0 saturated heterocycles. The van der Waals surface area contributed by atoms with Gasteiger partial charge in [0.2, 0.25) is 0 Å². The molecule has 1 unspecified atom stereocenters. The Balaban J connectivity index is 2.29. The Morgan fingerprint density at radius 2 is 1.93 bits per heavy atom. The Morgan fingerprint density at radius 3 is 2.50 bits per heavy atom. The fourth-order valence-corrected chi connectivity index (χ4v) is 1.13. The van der Waals surface area contributed by atoms with Crippen molar-refractivity contribution in [3.8, 4) is 0 Å². The second-order valence-corrected chi connectivity index (χ2v) is 3.74. The van der Waals surface area contributed by atoms with Crippen LogP contribution < -0.4 is 5.32 Å². The van der Waals surface area contributed by atoms with E-state index in [2.05, 4.69) is 5.32 Å². The van der Waals surface area contributed by atoms with Crippen LogP contribution in [0.15, 0.2) is 30.3 Å². The number of aliphatic hydroxyl groups is 2. The number of hydrogen-bond donors (Lipinski definition) is 3. The molecule has 14 heavy (non-hydrogen) atoms. The monoisotopic (exact) mass is 195 g/mol. The summed E-state index contributed by atoms with van der Waals surface area (Å²) in [6.07, 6.45) is 0. The predicted octanol–water partition coefficient (Wildman–Crippen LogP) is 0.519. The molecular weight excluding hydrogens is 178 g/mol. The molecule has 3 heteroatoms. The molecule has 78 valence electrons. The van der Waals surface area contributed by atoms with E-state index in [1.54, 1.807) is 6.92 Å². The average molecular weight is 195 g/mol. The first-order chi connectivity index (χ1) is 6.64. The van der Waals surface area contributed by atoms with E-state index >= 15 is 0 Å². The van der Waals surface area contributed by atoms with Crippen LogP contribution in [-0.4, -0.2) is 29.0 Å². The van der Waals surface area contributed by atoms with Crippen molar-refractivity contribution >= 4 is 0 Å². The molecule has 1 aromatic rings. The summed E-state index contributed by atoms with van der Waals surface area (Å²) in [6, 6.07) is 9.94. The summed E-state index contributed by atoms with van der Waals surface area (Å²) in [5.74, 6) is 0. The normalized spacial score (nSPS) is 15.1. The second kappa shape index (κ2) is 5.10. The molecule has 0 amide bonds. The highest BCUT2D eigenvalue weighted by Gasteiger charge is 2.17. The first-order valence-electron chi connectivity index (χ1n) is 4.72. The van der Waals surface area contributed by atoms with E-state index in [0.717, 1.165) is 0 Å². The molecule has 3 nitrogen and oxygen atoms in total. The van der Waals surface area contributed by atoms with Gasteiger partial charge in [0.1, 0.15) is 0 Å². The second-order valence-electron chi connectivity index (χ2n) is 3.74. The van der Waals surface area contributed by atoms with Gasteiger partial charge in [-0.25, -0.2) is 0 Å². The molecule has 0 heterocycles. The summed E-state index contributed by atoms with van der Waals surface area (Å²) >= 11 is 0. The zero-order valence-corrected chi connectivity index (χ0v) is 8.40. The Morgan fingerprint density at radius 1 is 1.29 bits per heavy atom. The van der Waals surface area contributed by atoms with Crippen LogP contribution in [0.4, 0.5) is 0 Å². The number of aliphatic hydroxyl groups excluding tert-OH is 1. The van der Waals surface area contributed by atoms with Crippen LogP contribution in [0.3, 0.4) is 0 Å². The van der Waals surface area contributed by atoms with E-state index in [1.807, 2.05) is 30.3 Å². The van der Waals surface area contributed by atoms with Crippen molar-refractivity contribution < 1.29 is 10.2 Å². The minimum absolute atomic E-state index is 0.227. The van der Waals surface area contributed by atoms with Gasteiger partial charge in [-0.05, 0) is 12.5 Å². The summed E-state index contributed by atoms with van der Waals surface area (Å²) in [5.41, 5.74) is 0.135. The molecule has 1 aromatic carbocycles. The maximum Gasteiger partial charge on any atom is 0.0972 e. The van der Waals surface area contributed by atoms with Crippen molar-refractivity contribution in [1.82, 2.24) is 5.32 Å². The fourth-order valence-electron chi connectivity index (χ4n) is 1.13. The third-order valence-corrected chi connectivity index (χ3v) is 2.02. The summed E-state index contributed by atoms with van der Waals surface area (Å²) < 4.78 is 0. The quantitative estimate of drug-likeness (QED) is 0.642. The van der Waals surface area contributed by atoms with Crippen LogP contribution in [-0.2, 0) is 6.54 Å². The molecule has 0 radical (unpaired) electrons. The van der Waals surface area contributed by atoms with E-state index in [-0.39, 0.29) is 6.61 Å². The molecule has 0 aliphatic carbocycles. The van der Waals surface area contributed by atoms with Gasteiger partial charge in [0.05, 0.1) is 12.2 Å². The van der Waals surface area contributed by atoms with Crippen LogP contribution in [0.2, 0.25) is 0 Å². The minimum atomic E-state index is -1.03. The van der Waals surface area contributed by atoms with E-state index in [0.29, 0.717) is 13.1 Å². The molecule has 1 atom stereocenters. The van der Waals surface area contributed by atoms with Crippen LogP contribution in [0, 0.1) is 0 Å². The summed E-state index contributed by atoms with van der Waals surface area (Å²) in [4.78, 5) is 0. The summed E-state index contributed by atoms with van der Waals surface area (Å²) in [7, 11) is 0. The van der Waals surface area contributed by atoms with Crippen molar-refractivity contribution in [3.05, 3.63) is 35.9 Å². The van der Waals surface area contributed by atoms with E-state index in [1.165, 1.54) is 5.56 Å².